The second kappa shape index (κ2) is 10.3. The third-order valence-electron chi connectivity index (χ3n) is 4.79. The van der Waals surface area contributed by atoms with Crippen LogP contribution >= 0.6 is 23.2 Å². The third-order valence-corrected chi connectivity index (χ3v) is 7.10. The van der Waals surface area contributed by atoms with E-state index in [1.165, 1.54) is 30.3 Å². The number of nitrogens with one attached hydrogen (secondary N) is 1. The summed E-state index contributed by atoms with van der Waals surface area (Å²) in [4.78, 5) is 12.9. The van der Waals surface area contributed by atoms with Gasteiger partial charge in [-0.05, 0) is 55.0 Å². The Kier molecular flexibility index (Phi) is 7.66. The summed E-state index contributed by atoms with van der Waals surface area (Å²) in [6, 6.07) is 19.2. The van der Waals surface area contributed by atoms with Crippen LogP contribution in [-0.2, 0) is 14.8 Å². The lowest BCUT2D eigenvalue weighted by molar-refractivity contribution is -0.120. The maximum Gasteiger partial charge on any atom is 0.264 e. The summed E-state index contributed by atoms with van der Waals surface area (Å²) in [5, 5.41) is 3.31. The van der Waals surface area contributed by atoms with Crippen molar-refractivity contribution in [2.75, 3.05) is 18.0 Å². The number of carbonyl (C=O) groups is 1. The Bertz CT molecular complexity index is 1190. The number of sulfonamides is 1. The van der Waals surface area contributed by atoms with Crippen LogP contribution in [0, 0.1) is 0 Å². The normalized spacial score (nSPS) is 12.1. The van der Waals surface area contributed by atoms with Crippen molar-refractivity contribution in [3.8, 4) is 5.75 Å². The van der Waals surface area contributed by atoms with Gasteiger partial charge in [0.15, 0.2) is 0 Å². The summed E-state index contributed by atoms with van der Waals surface area (Å²) in [5.74, 6) is 0.212. The number of nitrogens with zero attached hydrogens (tertiary/aromatic N) is 1. The molecule has 9 heteroatoms. The molecule has 0 aliphatic rings. The van der Waals surface area contributed by atoms with E-state index < -0.39 is 22.5 Å². The molecule has 168 valence electrons. The maximum absolute atomic E-state index is 13.4. The molecule has 0 spiro atoms. The van der Waals surface area contributed by atoms with Gasteiger partial charge in [-0.2, -0.15) is 0 Å². The largest absolute Gasteiger partial charge is 0.497 e. The first-order chi connectivity index (χ1) is 15.2. The molecule has 3 aromatic rings. The molecule has 1 N–H and O–H groups in total. The van der Waals surface area contributed by atoms with E-state index in [2.05, 4.69) is 5.32 Å². The molecule has 6 nitrogen and oxygen atoms in total. The number of hydrogen-bond donors (Lipinski definition) is 1. The second-order valence-corrected chi connectivity index (χ2v) is 9.69. The van der Waals surface area contributed by atoms with E-state index in [0.29, 0.717) is 10.8 Å². The average molecular weight is 493 g/mol. The summed E-state index contributed by atoms with van der Waals surface area (Å²) in [6.45, 7) is 1.35. The number of methoxy groups -OCH3 is 1. The molecule has 0 saturated carbocycles. The fraction of sp³-hybridized carbons (Fsp3) is 0.174. The Morgan fingerprint density at radius 1 is 1.03 bits per heavy atom. The minimum Gasteiger partial charge on any atom is -0.497 e. The van der Waals surface area contributed by atoms with Gasteiger partial charge in [-0.25, -0.2) is 8.42 Å². The van der Waals surface area contributed by atoms with Crippen molar-refractivity contribution >= 4 is 44.8 Å². The minimum absolute atomic E-state index is 0.0435. The van der Waals surface area contributed by atoms with Gasteiger partial charge in [-0.3, -0.25) is 9.10 Å². The molecule has 1 amide bonds. The quantitative estimate of drug-likeness (QED) is 0.475. The van der Waals surface area contributed by atoms with Crippen LogP contribution < -0.4 is 14.4 Å². The SMILES string of the molecule is COc1ccc(C(C)NC(=O)CN(c2ccc(Cl)cc2Cl)S(=O)(=O)c2ccccc2)cc1. The molecule has 0 radical (unpaired) electrons. The minimum atomic E-state index is -4.07. The lowest BCUT2D eigenvalue weighted by atomic mass is 10.1. The highest BCUT2D eigenvalue weighted by atomic mass is 35.5. The molecule has 1 unspecified atom stereocenters. The van der Waals surface area contributed by atoms with Gasteiger partial charge >= 0.3 is 0 Å². The number of amides is 1. The zero-order valence-corrected chi connectivity index (χ0v) is 19.8. The number of anilines is 1. The van der Waals surface area contributed by atoms with Crippen molar-refractivity contribution in [1.82, 2.24) is 5.32 Å². The van der Waals surface area contributed by atoms with E-state index >= 15 is 0 Å². The van der Waals surface area contributed by atoms with E-state index in [4.69, 9.17) is 27.9 Å². The topological polar surface area (TPSA) is 75.7 Å². The molecule has 0 aliphatic carbocycles. The fourth-order valence-corrected chi connectivity index (χ4v) is 5.12. The van der Waals surface area contributed by atoms with Gasteiger partial charge in [0.1, 0.15) is 12.3 Å². The monoisotopic (exact) mass is 492 g/mol. The van der Waals surface area contributed by atoms with Crippen molar-refractivity contribution in [2.24, 2.45) is 0 Å². The third kappa shape index (κ3) is 5.54. The molecular formula is C23H22Cl2N2O4S. The van der Waals surface area contributed by atoms with Crippen LogP contribution in [0.4, 0.5) is 5.69 Å². The van der Waals surface area contributed by atoms with Crippen molar-refractivity contribution in [3.63, 3.8) is 0 Å². The summed E-state index contributed by atoms with van der Waals surface area (Å²) in [7, 11) is -2.49. The molecule has 32 heavy (non-hydrogen) atoms. The predicted molar refractivity (Wildman–Crippen MR) is 127 cm³/mol. The fourth-order valence-electron chi connectivity index (χ4n) is 3.10. The van der Waals surface area contributed by atoms with Gasteiger partial charge in [-0.15, -0.1) is 0 Å². The van der Waals surface area contributed by atoms with Crippen LogP contribution in [0.2, 0.25) is 10.0 Å². The highest BCUT2D eigenvalue weighted by molar-refractivity contribution is 7.92. The van der Waals surface area contributed by atoms with Gasteiger partial charge in [0, 0.05) is 5.02 Å². The van der Waals surface area contributed by atoms with Crippen molar-refractivity contribution in [2.45, 2.75) is 17.9 Å². The zero-order chi connectivity index (χ0) is 23.3. The Morgan fingerprint density at radius 2 is 1.69 bits per heavy atom. The molecule has 3 rings (SSSR count). The van der Waals surface area contributed by atoms with Crippen molar-refractivity contribution < 1.29 is 17.9 Å². The van der Waals surface area contributed by atoms with Gasteiger partial charge in [0.05, 0.1) is 28.8 Å². The van der Waals surface area contributed by atoms with Crippen LogP contribution in [0.3, 0.4) is 0 Å². The van der Waals surface area contributed by atoms with Crippen LogP contribution in [0.15, 0.2) is 77.7 Å². The lowest BCUT2D eigenvalue weighted by Gasteiger charge is -2.26. The first-order valence-corrected chi connectivity index (χ1v) is 11.9. The highest BCUT2D eigenvalue weighted by Gasteiger charge is 2.29. The average Bonchev–Trinajstić information content (AvgIpc) is 2.78. The molecule has 0 bridgehead atoms. The molecule has 0 saturated heterocycles. The van der Waals surface area contributed by atoms with Crippen molar-refractivity contribution in [3.05, 3.63) is 88.4 Å². The maximum atomic E-state index is 13.4. The van der Waals surface area contributed by atoms with Crippen LogP contribution in [0.5, 0.6) is 5.75 Å². The summed E-state index contributed by atoms with van der Waals surface area (Å²) >= 11 is 12.3. The standard InChI is InChI=1S/C23H22Cl2N2O4S/c1-16(17-8-11-19(31-2)12-9-17)26-23(28)15-27(22-13-10-18(24)14-21(22)25)32(29,30)20-6-4-3-5-7-20/h3-14,16H,15H2,1-2H3,(H,26,28). The Hall–Kier alpha value is -2.74. The van der Waals surface area contributed by atoms with Crippen LogP contribution in [0.1, 0.15) is 18.5 Å². The number of benzene rings is 3. The summed E-state index contributed by atoms with van der Waals surface area (Å²) in [5.41, 5.74) is 1.01. The van der Waals surface area contributed by atoms with Crippen LogP contribution in [0.25, 0.3) is 0 Å². The predicted octanol–water partition coefficient (Wildman–Crippen LogP) is 5.07. The van der Waals surface area contributed by atoms with Gasteiger partial charge < -0.3 is 10.1 Å². The molecule has 3 aromatic carbocycles. The molecule has 0 aliphatic heterocycles. The Balaban J connectivity index is 1.89. The first-order valence-electron chi connectivity index (χ1n) is 9.68. The number of hydrogen-bond acceptors (Lipinski definition) is 4. The van der Waals surface area contributed by atoms with E-state index in [-0.39, 0.29) is 21.6 Å². The Morgan fingerprint density at radius 3 is 2.28 bits per heavy atom. The number of ether oxygens (including phenoxy) is 1. The van der Waals surface area contributed by atoms with E-state index in [1.807, 2.05) is 19.1 Å². The molecule has 0 aromatic heterocycles. The van der Waals surface area contributed by atoms with Crippen LogP contribution in [-0.4, -0.2) is 28.0 Å². The number of rotatable bonds is 8. The van der Waals surface area contributed by atoms with Gasteiger partial charge in [-0.1, -0.05) is 53.5 Å². The molecule has 0 fully saturated rings. The lowest BCUT2D eigenvalue weighted by Crippen LogP contribution is -2.41. The first kappa shape index (κ1) is 23.9. The second-order valence-electron chi connectivity index (χ2n) is 6.98. The van der Waals surface area contributed by atoms with Crippen molar-refractivity contribution in [1.29, 1.82) is 0 Å². The smallest absolute Gasteiger partial charge is 0.264 e. The number of halogens is 2. The summed E-state index contributed by atoms with van der Waals surface area (Å²) < 4.78 is 32.9. The zero-order valence-electron chi connectivity index (χ0n) is 17.5. The highest BCUT2D eigenvalue weighted by Crippen LogP contribution is 2.32. The van der Waals surface area contributed by atoms with E-state index in [0.717, 1.165) is 9.87 Å². The summed E-state index contributed by atoms with van der Waals surface area (Å²) in [6.07, 6.45) is 0. The molecular weight excluding hydrogens is 471 g/mol. The van der Waals surface area contributed by atoms with Gasteiger partial charge in [0.25, 0.3) is 10.0 Å². The Labute approximate surface area is 197 Å². The molecule has 0 heterocycles. The van der Waals surface area contributed by atoms with E-state index in [9.17, 15) is 13.2 Å². The number of carbonyl (C=O) groups excluding carboxylic acids is 1. The van der Waals surface area contributed by atoms with Gasteiger partial charge in [0.2, 0.25) is 5.91 Å². The molecule has 1 atom stereocenters. The van der Waals surface area contributed by atoms with E-state index in [1.54, 1.807) is 37.4 Å².